The first-order valence-electron chi connectivity index (χ1n) is 13.4. The molecule has 1 N–H and O–H groups in total. The first kappa shape index (κ1) is 33.0. The Morgan fingerprint density at radius 3 is 1.37 bits per heavy atom. The molecule has 1 rings (SSSR count). The predicted octanol–water partition coefficient (Wildman–Crippen LogP) is 8.43. The number of hydrogen-bond donors (Lipinski definition) is 1. The molecule has 1 fully saturated rings. The summed E-state index contributed by atoms with van der Waals surface area (Å²) in [6.07, 6.45) is 5.80. The summed E-state index contributed by atoms with van der Waals surface area (Å²) in [5, 5.41) is 10.1. The third-order valence-corrected chi connectivity index (χ3v) is 22.5. The van der Waals surface area contributed by atoms with Crippen LogP contribution in [-0.4, -0.2) is 55.5 Å². The minimum atomic E-state index is -2.02. The molecule has 1 aliphatic rings. The largest absolute Gasteiger partial charge is 0.413 e. The zero-order valence-corrected chi connectivity index (χ0v) is 28.8. The van der Waals surface area contributed by atoms with Crippen molar-refractivity contribution in [1.29, 1.82) is 0 Å². The van der Waals surface area contributed by atoms with Crippen molar-refractivity contribution in [3.63, 3.8) is 0 Å². The summed E-state index contributed by atoms with van der Waals surface area (Å²) >= 11 is 0. The van der Waals surface area contributed by atoms with Crippen molar-refractivity contribution >= 4 is 25.0 Å². The molecule has 0 heterocycles. The van der Waals surface area contributed by atoms with E-state index in [1.807, 2.05) is 6.08 Å². The van der Waals surface area contributed by atoms with Gasteiger partial charge in [0.2, 0.25) is 0 Å². The third kappa shape index (κ3) is 8.76. The van der Waals surface area contributed by atoms with Gasteiger partial charge in [0.05, 0.1) is 25.4 Å². The average molecular weight is 543 g/mol. The summed E-state index contributed by atoms with van der Waals surface area (Å²) in [5.74, 6) is 0. The van der Waals surface area contributed by atoms with Gasteiger partial charge in [0.15, 0.2) is 25.0 Å². The van der Waals surface area contributed by atoms with Crippen molar-refractivity contribution in [3.05, 3.63) is 23.3 Å². The summed E-state index contributed by atoms with van der Waals surface area (Å²) in [6, 6.07) is 0. The molecular weight excluding hydrogens is 485 g/mol. The lowest BCUT2D eigenvalue weighted by molar-refractivity contribution is 0.129. The molecule has 0 aromatic heterocycles. The Kier molecular flexibility index (Phi) is 10.7. The van der Waals surface area contributed by atoms with Gasteiger partial charge in [0.1, 0.15) is 0 Å². The fraction of sp³-hybridized carbons (Fsp3) is 0.857. The standard InChI is InChI=1S/C28H58O4Si3/c1-26(2,3)33(10,11)30-19-17-23-24(31-34(12,13)27(4,5)6)20-22(16-18-29)21-25(23)32-35(14,15)28(7,8)9/h16-17,24-25,29H,18-21H2,1-15H3/t24-,25?/m1/s1. The van der Waals surface area contributed by atoms with E-state index in [1.54, 1.807) is 0 Å². The van der Waals surface area contributed by atoms with Crippen LogP contribution in [-0.2, 0) is 13.3 Å². The van der Waals surface area contributed by atoms with Gasteiger partial charge >= 0.3 is 0 Å². The van der Waals surface area contributed by atoms with Gasteiger partial charge in [0, 0.05) is 0 Å². The van der Waals surface area contributed by atoms with Crippen LogP contribution >= 0.6 is 0 Å². The molecule has 1 saturated carbocycles. The van der Waals surface area contributed by atoms with Gasteiger partial charge in [-0.05, 0) is 72.8 Å². The van der Waals surface area contributed by atoms with Crippen molar-refractivity contribution in [3.8, 4) is 0 Å². The quantitative estimate of drug-likeness (QED) is 0.247. The third-order valence-electron chi connectivity index (χ3n) is 9.07. The molecule has 0 bridgehead atoms. The van der Waals surface area contributed by atoms with Crippen molar-refractivity contribution < 1.29 is 18.4 Å². The second-order valence-electron chi connectivity index (χ2n) is 15.0. The smallest absolute Gasteiger partial charge is 0.192 e. The van der Waals surface area contributed by atoms with Gasteiger partial charge in [0.25, 0.3) is 0 Å². The van der Waals surface area contributed by atoms with Gasteiger partial charge in [-0.25, -0.2) is 0 Å². The molecule has 0 aromatic carbocycles. The van der Waals surface area contributed by atoms with E-state index >= 15 is 0 Å². The van der Waals surface area contributed by atoms with Crippen molar-refractivity contribution in [2.45, 2.75) is 142 Å². The fourth-order valence-electron chi connectivity index (χ4n) is 3.41. The molecule has 1 unspecified atom stereocenters. The zero-order valence-electron chi connectivity index (χ0n) is 25.8. The molecule has 7 heteroatoms. The minimum absolute atomic E-state index is 0.0415. The molecule has 0 saturated heterocycles. The summed E-state index contributed by atoms with van der Waals surface area (Å²) in [6.45, 7) is 35.2. The molecule has 0 aliphatic heterocycles. The highest BCUT2D eigenvalue weighted by molar-refractivity contribution is 6.75. The predicted molar refractivity (Wildman–Crippen MR) is 160 cm³/mol. The Labute approximate surface area is 221 Å². The van der Waals surface area contributed by atoms with Crippen molar-refractivity contribution in [2.24, 2.45) is 0 Å². The van der Waals surface area contributed by atoms with Crippen LogP contribution in [0.2, 0.25) is 54.4 Å². The molecule has 2 atom stereocenters. The Hall–Kier alpha value is -0.0294. The number of hydrogen-bond acceptors (Lipinski definition) is 4. The number of rotatable bonds is 8. The fourth-order valence-corrected chi connectivity index (χ4v) is 6.91. The monoisotopic (exact) mass is 542 g/mol. The molecule has 35 heavy (non-hydrogen) atoms. The van der Waals surface area contributed by atoms with E-state index < -0.39 is 25.0 Å². The second kappa shape index (κ2) is 11.4. The lowest BCUT2D eigenvalue weighted by atomic mass is 9.85. The Balaban J connectivity index is 3.49. The highest BCUT2D eigenvalue weighted by Gasteiger charge is 2.45. The molecule has 0 amide bonds. The van der Waals surface area contributed by atoms with Crippen LogP contribution in [0.25, 0.3) is 0 Å². The van der Waals surface area contributed by atoms with Gasteiger partial charge in [-0.3, -0.25) is 0 Å². The van der Waals surface area contributed by atoms with Crippen LogP contribution in [0.5, 0.6) is 0 Å². The van der Waals surface area contributed by atoms with E-state index in [0.29, 0.717) is 6.61 Å². The maximum atomic E-state index is 9.72. The molecule has 0 aromatic rings. The van der Waals surface area contributed by atoms with Crippen LogP contribution in [0.1, 0.15) is 75.2 Å². The highest BCUT2D eigenvalue weighted by Crippen LogP contribution is 2.45. The van der Waals surface area contributed by atoms with Crippen molar-refractivity contribution in [2.75, 3.05) is 13.2 Å². The maximum absolute atomic E-state index is 9.72. The Morgan fingerprint density at radius 2 is 1.06 bits per heavy atom. The molecule has 0 radical (unpaired) electrons. The second-order valence-corrected chi connectivity index (χ2v) is 29.3. The molecule has 0 spiro atoms. The van der Waals surface area contributed by atoms with Gasteiger partial charge in [-0.15, -0.1) is 0 Å². The van der Waals surface area contributed by atoms with Crippen molar-refractivity contribution in [1.82, 2.24) is 0 Å². The summed E-state index contributed by atoms with van der Waals surface area (Å²) in [5.41, 5.74) is 2.48. The van der Waals surface area contributed by atoms with E-state index in [9.17, 15) is 5.11 Å². The summed E-state index contributed by atoms with van der Waals surface area (Å²) in [7, 11) is -5.91. The highest BCUT2D eigenvalue weighted by atomic mass is 28.4. The van der Waals surface area contributed by atoms with E-state index in [-0.39, 0.29) is 33.9 Å². The van der Waals surface area contributed by atoms with Gasteiger partial charge in [-0.2, -0.15) is 0 Å². The normalized spacial score (nSPS) is 23.9. The van der Waals surface area contributed by atoms with E-state index in [2.05, 4.69) is 108 Å². The van der Waals surface area contributed by atoms with E-state index in [1.165, 1.54) is 11.1 Å². The molecular formula is C28H58O4Si3. The first-order chi connectivity index (χ1) is 15.5. The molecule has 4 nitrogen and oxygen atoms in total. The lowest BCUT2D eigenvalue weighted by Gasteiger charge is -2.46. The zero-order chi connectivity index (χ0) is 27.7. The topological polar surface area (TPSA) is 47.9 Å². The van der Waals surface area contributed by atoms with Crippen LogP contribution < -0.4 is 0 Å². The summed E-state index contributed by atoms with van der Waals surface area (Å²) < 4.78 is 20.7. The minimum Gasteiger partial charge on any atom is -0.413 e. The van der Waals surface area contributed by atoms with Crippen LogP contribution in [0.4, 0.5) is 0 Å². The van der Waals surface area contributed by atoms with Gasteiger partial charge < -0.3 is 18.4 Å². The van der Waals surface area contributed by atoms with Gasteiger partial charge in [-0.1, -0.05) is 80.0 Å². The van der Waals surface area contributed by atoms with Crippen LogP contribution in [0, 0.1) is 0 Å². The van der Waals surface area contributed by atoms with E-state index in [4.69, 9.17) is 13.3 Å². The molecule has 1 aliphatic carbocycles. The summed E-state index contributed by atoms with van der Waals surface area (Å²) in [4.78, 5) is 0. The van der Waals surface area contributed by atoms with E-state index in [0.717, 1.165) is 12.8 Å². The molecule has 206 valence electrons. The Morgan fingerprint density at radius 1 is 0.686 bits per heavy atom. The Bertz CT molecular complexity index is 721. The maximum Gasteiger partial charge on any atom is 0.192 e. The number of aliphatic hydroxyl groups is 1. The van der Waals surface area contributed by atoms with Crippen LogP contribution in [0.3, 0.4) is 0 Å². The average Bonchev–Trinajstić information content (AvgIpc) is 2.60. The first-order valence-corrected chi connectivity index (χ1v) is 22.2. The number of aliphatic hydroxyl groups excluding tert-OH is 1. The van der Waals surface area contributed by atoms with Crippen LogP contribution in [0.15, 0.2) is 23.3 Å². The lowest BCUT2D eigenvalue weighted by Crippen LogP contribution is -2.50. The SMILES string of the molecule is CC(C)(C)[Si](C)(C)OCC=C1C(O[Si](C)(C)C(C)(C)C)CC(=CCO)C[C@H]1O[Si](C)(C)C(C)(C)C.